The van der Waals surface area contributed by atoms with Gasteiger partial charge in [-0.3, -0.25) is 0 Å². The molecular formula is C12H17NO. The van der Waals surface area contributed by atoms with E-state index in [1.807, 2.05) is 12.1 Å². The zero-order valence-corrected chi connectivity index (χ0v) is 8.79. The first-order valence-electron chi connectivity index (χ1n) is 5.13. The lowest BCUT2D eigenvalue weighted by atomic mass is 9.81. The molecule has 1 aromatic rings. The van der Waals surface area contributed by atoms with Crippen LogP contribution in [0.15, 0.2) is 18.2 Å². The van der Waals surface area contributed by atoms with E-state index < -0.39 is 0 Å². The summed E-state index contributed by atoms with van der Waals surface area (Å²) in [4.78, 5) is 0. The van der Waals surface area contributed by atoms with Gasteiger partial charge in [0.05, 0.1) is 7.11 Å². The van der Waals surface area contributed by atoms with Gasteiger partial charge in [0.2, 0.25) is 0 Å². The van der Waals surface area contributed by atoms with E-state index in [0.29, 0.717) is 5.92 Å². The Hall–Kier alpha value is -1.02. The van der Waals surface area contributed by atoms with Crippen LogP contribution in [0.3, 0.4) is 0 Å². The Balaban J connectivity index is 2.47. The molecule has 0 heterocycles. The Morgan fingerprint density at radius 1 is 1.43 bits per heavy atom. The summed E-state index contributed by atoms with van der Waals surface area (Å²) in [6, 6.07) is 6.34. The number of hydrogen-bond donors (Lipinski definition) is 1. The zero-order valence-electron chi connectivity index (χ0n) is 8.79. The number of benzene rings is 1. The normalized spacial score (nSPS) is 25.6. The van der Waals surface area contributed by atoms with Crippen molar-refractivity contribution in [3.05, 3.63) is 29.3 Å². The molecule has 2 N–H and O–H groups in total. The molecule has 2 nitrogen and oxygen atoms in total. The van der Waals surface area contributed by atoms with Crippen LogP contribution in [0.5, 0.6) is 5.75 Å². The third-order valence-electron chi connectivity index (χ3n) is 2.97. The molecule has 2 atom stereocenters. The highest BCUT2D eigenvalue weighted by molar-refractivity contribution is 5.44. The quantitative estimate of drug-likeness (QED) is 0.739. The number of nitrogens with two attached hydrogens (primary N) is 1. The minimum absolute atomic E-state index is 0.143. The van der Waals surface area contributed by atoms with Crippen LogP contribution in [-0.2, 0) is 6.42 Å². The average molecular weight is 191 g/mol. The molecule has 76 valence electrons. The molecule has 0 spiro atoms. The lowest BCUT2D eigenvalue weighted by Crippen LogP contribution is -2.23. The van der Waals surface area contributed by atoms with E-state index in [2.05, 4.69) is 13.0 Å². The highest BCUT2D eigenvalue weighted by Gasteiger charge is 2.24. The van der Waals surface area contributed by atoms with Gasteiger partial charge in [0.15, 0.2) is 0 Å². The smallest absolute Gasteiger partial charge is 0.123 e. The summed E-state index contributed by atoms with van der Waals surface area (Å²) in [7, 11) is 1.71. The Bertz CT molecular complexity index is 335. The van der Waals surface area contributed by atoms with Gasteiger partial charge < -0.3 is 10.5 Å². The van der Waals surface area contributed by atoms with Crippen LogP contribution in [-0.4, -0.2) is 7.11 Å². The van der Waals surface area contributed by atoms with Crippen LogP contribution in [0.2, 0.25) is 0 Å². The molecule has 0 aromatic heterocycles. The van der Waals surface area contributed by atoms with Gasteiger partial charge in [0, 0.05) is 11.6 Å². The number of ether oxygens (including phenoxy) is 1. The van der Waals surface area contributed by atoms with E-state index in [9.17, 15) is 0 Å². The summed E-state index contributed by atoms with van der Waals surface area (Å²) in [6.45, 7) is 2.25. The van der Waals surface area contributed by atoms with Crippen molar-refractivity contribution in [2.45, 2.75) is 25.8 Å². The second kappa shape index (κ2) is 3.62. The van der Waals surface area contributed by atoms with Gasteiger partial charge in [-0.25, -0.2) is 0 Å². The minimum Gasteiger partial charge on any atom is -0.496 e. The first-order chi connectivity index (χ1) is 6.72. The van der Waals surface area contributed by atoms with Crippen molar-refractivity contribution in [2.75, 3.05) is 7.11 Å². The van der Waals surface area contributed by atoms with Gasteiger partial charge in [0.25, 0.3) is 0 Å². The Morgan fingerprint density at radius 2 is 2.21 bits per heavy atom. The predicted molar refractivity (Wildman–Crippen MR) is 57.4 cm³/mol. The molecule has 1 aliphatic carbocycles. The number of methoxy groups -OCH3 is 1. The number of rotatable bonds is 1. The van der Waals surface area contributed by atoms with Crippen molar-refractivity contribution in [3.63, 3.8) is 0 Å². The number of hydrogen-bond acceptors (Lipinski definition) is 2. The molecule has 2 unspecified atom stereocenters. The van der Waals surface area contributed by atoms with Crippen molar-refractivity contribution in [1.29, 1.82) is 0 Å². The Kier molecular flexibility index (Phi) is 2.46. The lowest BCUT2D eigenvalue weighted by molar-refractivity contribution is 0.382. The minimum atomic E-state index is 0.143. The van der Waals surface area contributed by atoms with E-state index >= 15 is 0 Å². The maximum Gasteiger partial charge on any atom is 0.123 e. The molecule has 0 bridgehead atoms. The summed E-state index contributed by atoms with van der Waals surface area (Å²) in [5.41, 5.74) is 8.71. The van der Waals surface area contributed by atoms with E-state index in [1.54, 1.807) is 7.11 Å². The topological polar surface area (TPSA) is 35.2 Å². The van der Waals surface area contributed by atoms with Gasteiger partial charge in [0.1, 0.15) is 5.75 Å². The molecule has 1 aromatic carbocycles. The molecule has 0 amide bonds. The molecular weight excluding hydrogens is 174 g/mol. The molecule has 1 aliphatic rings. The zero-order chi connectivity index (χ0) is 10.1. The van der Waals surface area contributed by atoms with E-state index in [-0.39, 0.29) is 6.04 Å². The molecule has 0 aliphatic heterocycles. The third kappa shape index (κ3) is 1.50. The maximum absolute atomic E-state index is 6.13. The van der Waals surface area contributed by atoms with Crippen molar-refractivity contribution >= 4 is 0 Å². The molecule has 2 rings (SSSR count). The first kappa shape index (κ1) is 9.53. The van der Waals surface area contributed by atoms with Gasteiger partial charge in [-0.05, 0) is 30.4 Å². The van der Waals surface area contributed by atoms with Crippen LogP contribution in [0, 0.1) is 5.92 Å². The van der Waals surface area contributed by atoms with E-state index in [4.69, 9.17) is 10.5 Å². The molecule has 0 fully saturated rings. The lowest BCUT2D eigenvalue weighted by Gasteiger charge is -2.28. The highest BCUT2D eigenvalue weighted by Crippen LogP contribution is 2.37. The summed E-state index contributed by atoms with van der Waals surface area (Å²) < 4.78 is 5.34. The van der Waals surface area contributed by atoms with Gasteiger partial charge in [-0.1, -0.05) is 19.1 Å². The summed E-state index contributed by atoms with van der Waals surface area (Å²) in [5.74, 6) is 1.63. The molecule has 14 heavy (non-hydrogen) atoms. The molecule has 2 heteroatoms. The second-order valence-electron chi connectivity index (χ2n) is 4.18. The van der Waals surface area contributed by atoms with Crippen LogP contribution in [0.4, 0.5) is 0 Å². The number of fused-ring (bicyclic) bond motifs is 1. The Labute approximate surface area is 85.1 Å². The average Bonchev–Trinajstić information content (AvgIpc) is 2.16. The van der Waals surface area contributed by atoms with Crippen molar-refractivity contribution < 1.29 is 4.74 Å². The third-order valence-corrected chi connectivity index (χ3v) is 2.97. The predicted octanol–water partition coefficient (Wildman–Crippen LogP) is 2.28. The van der Waals surface area contributed by atoms with Crippen LogP contribution in [0.1, 0.15) is 30.5 Å². The fourth-order valence-electron chi connectivity index (χ4n) is 2.38. The van der Waals surface area contributed by atoms with Crippen LogP contribution < -0.4 is 10.5 Å². The van der Waals surface area contributed by atoms with Crippen LogP contribution >= 0.6 is 0 Å². The molecule has 0 saturated carbocycles. The van der Waals surface area contributed by atoms with Crippen molar-refractivity contribution in [2.24, 2.45) is 11.7 Å². The second-order valence-corrected chi connectivity index (χ2v) is 4.18. The van der Waals surface area contributed by atoms with Gasteiger partial charge >= 0.3 is 0 Å². The summed E-state index contributed by atoms with van der Waals surface area (Å²) >= 11 is 0. The maximum atomic E-state index is 6.13. The van der Waals surface area contributed by atoms with Crippen LogP contribution in [0.25, 0.3) is 0 Å². The van der Waals surface area contributed by atoms with Crippen molar-refractivity contribution in [3.8, 4) is 5.75 Å². The summed E-state index contributed by atoms with van der Waals surface area (Å²) in [5, 5.41) is 0. The van der Waals surface area contributed by atoms with E-state index in [1.165, 1.54) is 11.1 Å². The SMILES string of the molecule is COc1cccc2c1C(N)CC(C)C2. The Morgan fingerprint density at radius 3 is 2.93 bits per heavy atom. The highest BCUT2D eigenvalue weighted by atomic mass is 16.5. The molecule has 0 radical (unpaired) electrons. The fraction of sp³-hybridized carbons (Fsp3) is 0.500. The molecule has 0 saturated heterocycles. The van der Waals surface area contributed by atoms with E-state index in [0.717, 1.165) is 18.6 Å². The monoisotopic (exact) mass is 191 g/mol. The van der Waals surface area contributed by atoms with Gasteiger partial charge in [-0.15, -0.1) is 0 Å². The largest absolute Gasteiger partial charge is 0.496 e. The van der Waals surface area contributed by atoms with Crippen molar-refractivity contribution in [1.82, 2.24) is 0 Å². The van der Waals surface area contributed by atoms with Gasteiger partial charge in [-0.2, -0.15) is 0 Å². The standard InChI is InChI=1S/C12H17NO/c1-8-6-9-4-3-5-11(14-2)12(9)10(13)7-8/h3-5,8,10H,6-7,13H2,1-2H3. The summed E-state index contributed by atoms with van der Waals surface area (Å²) in [6.07, 6.45) is 2.19. The first-order valence-corrected chi connectivity index (χ1v) is 5.13. The fourth-order valence-corrected chi connectivity index (χ4v) is 2.38.